The standard InChI is InChI=1S/C20H21N3O2S/c1-3-4-14-26-20(21-15-10-6-5-7-11-15)22(2)23-18(24)16-12-8-9-13-17(16)19(23)25/h5-13H,3-4,14H2,1-2H3. The highest BCUT2D eigenvalue weighted by atomic mass is 32.2. The van der Waals surface area contributed by atoms with Gasteiger partial charge in [-0.15, -0.1) is 0 Å². The molecule has 6 heteroatoms. The van der Waals surface area contributed by atoms with Gasteiger partial charge in [0.15, 0.2) is 5.17 Å². The van der Waals surface area contributed by atoms with Crippen LogP contribution >= 0.6 is 11.8 Å². The summed E-state index contributed by atoms with van der Waals surface area (Å²) < 4.78 is 0. The Labute approximate surface area is 157 Å². The molecule has 0 unspecified atom stereocenters. The number of thioether (sulfide) groups is 1. The lowest BCUT2D eigenvalue weighted by atomic mass is 10.1. The molecule has 0 atom stereocenters. The summed E-state index contributed by atoms with van der Waals surface area (Å²) in [5.41, 5.74) is 1.65. The van der Waals surface area contributed by atoms with Crippen molar-refractivity contribution in [3.63, 3.8) is 0 Å². The van der Waals surface area contributed by atoms with E-state index < -0.39 is 0 Å². The van der Waals surface area contributed by atoms with Crippen LogP contribution in [-0.2, 0) is 0 Å². The van der Waals surface area contributed by atoms with Crippen molar-refractivity contribution in [2.24, 2.45) is 4.99 Å². The first-order valence-corrected chi connectivity index (χ1v) is 9.60. The molecule has 2 aromatic rings. The fraction of sp³-hybridized carbons (Fsp3) is 0.250. The zero-order valence-corrected chi connectivity index (χ0v) is 15.7. The average Bonchev–Trinajstić information content (AvgIpc) is 2.92. The van der Waals surface area contributed by atoms with Crippen molar-refractivity contribution in [2.75, 3.05) is 12.8 Å². The number of carbonyl (C=O) groups excluding carboxylic acids is 2. The molecule has 0 saturated heterocycles. The molecule has 0 saturated carbocycles. The summed E-state index contributed by atoms with van der Waals surface area (Å²) >= 11 is 1.55. The lowest BCUT2D eigenvalue weighted by Gasteiger charge is -2.28. The normalized spacial score (nSPS) is 13.9. The van der Waals surface area contributed by atoms with E-state index in [4.69, 9.17) is 0 Å². The number of benzene rings is 2. The highest BCUT2D eigenvalue weighted by Gasteiger charge is 2.39. The van der Waals surface area contributed by atoms with E-state index in [9.17, 15) is 9.59 Å². The maximum Gasteiger partial charge on any atom is 0.280 e. The number of fused-ring (bicyclic) bond motifs is 1. The van der Waals surface area contributed by atoms with Crippen LogP contribution in [0.5, 0.6) is 0 Å². The van der Waals surface area contributed by atoms with E-state index in [0.717, 1.165) is 24.3 Å². The molecular weight excluding hydrogens is 346 g/mol. The van der Waals surface area contributed by atoms with E-state index in [1.165, 1.54) is 5.01 Å². The number of nitrogens with zero attached hydrogens (tertiary/aromatic N) is 3. The van der Waals surface area contributed by atoms with Crippen LogP contribution in [-0.4, -0.2) is 39.8 Å². The summed E-state index contributed by atoms with van der Waals surface area (Å²) in [7, 11) is 1.71. The van der Waals surface area contributed by atoms with Gasteiger partial charge in [0.05, 0.1) is 16.8 Å². The largest absolute Gasteiger partial charge is 0.280 e. The van der Waals surface area contributed by atoms with Gasteiger partial charge >= 0.3 is 0 Å². The van der Waals surface area contributed by atoms with Gasteiger partial charge in [-0.05, 0) is 30.7 Å². The molecular formula is C20H21N3O2S. The molecule has 0 N–H and O–H groups in total. The Balaban J connectivity index is 1.90. The van der Waals surface area contributed by atoms with Crippen LogP contribution in [0.2, 0.25) is 0 Å². The molecule has 2 amide bonds. The second-order valence-electron chi connectivity index (χ2n) is 5.92. The number of unbranched alkanes of at least 4 members (excludes halogenated alkanes) is 1. The van der Waals surface area contributed by atoms with Crippen molar-refractivity contribution in [3.05, 3.63) is 65.7 Å². The molecule has 0 fully saturated rings. The van der Waals surface area contributed by atoms with Gasteiger partial charge in [-0.25, -0.2) is 4.99 Å². The summed E-state index contributed by atoms with van der Waals surface area (Å²) in [4.78, 5) is 30.1. The number of aliphatic imine (C=N–C) groups is 1. The molecule has 0 radical (unpaired) electrons. The smallest absolute Gasteiger partial charge is 0.267 e. The average molecular weight is 367 g/mol. The van der Waals surface area contributed by atoms with Crippen LogP contribution in [0.4, 0.5) is 5.69 Å². The van der Waals surface area contributed by atoms with Crippen LogP contribution in [0, 0.1) is 0 Å². The second-order valence-corrected chi connectivity index (χ2v) is 6.99. The van der Waals surface area contributed by atoms with E-state index in [1.54, 1.807) is 48.1 Å². The van der Waals surface area contributed by atoms with Crippen LogP contribution < -0.4 is 0 Å². The SMILES string of the molecule is CCCCSC(=Nc1ccccc1)N(C)N1C(=O)c2ccccc2C1=O. The number of amidine groups is 1. The molecule has 1 aliphatic rings. The van der Waals surface area contributed by atoms with Crippen molar-refractivity contribution in [1.29, 1.82) is 0 Å². The van der Waals surface area contributed by atoms with Crippen LogP contribution in [0.25, 0.3) is 0 Å². The van der Waals surface area contributed by atoms with Gasteiger partial charge < -0.3 is 0 Å². The van der Waals surface area contributed by atoms with E-state index in [1.807, 2.05) is 30.3 Å². The Morgan fingerprint density at radius 2 is 1.58 bits per heavy atom. The predicted molar refractivity (Wildman–Crippen MR) is 106 cm³/mol. The lowest BCUT2D eigenvalue weighted by Crippen LogP contribution is -2.46. The molecule has 5 nitrogen and oxygen atoms in total. The molecule has 1 heterocycles. The Kier molecular flexibility index (Phi) is 5.73. The molecule has 0 spiro atoms. The zero-order chi connectivity index (χ0) is 18.5. The third-order valence-electron chi connectivity index (χ3n) is 4.06. The van der Waals surface area contributed by atoms with Gasteiger partial charge in [0, 0.05) is 12.8 Å². The quantitative estimate of drug-likeness (QED) is 0.341. The number of amides is 2. The highest BCUT2D eigenvalue weighted by Crippen LogP contribution is 2.26. The summed E-state index contributed by atoms with van der Waals surface area (Å²) in [5, 5.41) is 3.36. The summed E-state index contributed by atoms with van der Waals surface area (Å²) in [6, 6.07) is 16.4. The summed E-state index contributed by atoms with van der Waals surface area (Å²) in [6.45, 7) is 2.13. The molecule has 0 aliphatic carbocycles. The lowest BCUT2D eigenvalue weighted by molar-refractivity contribution is 0.0369. The fourth-order valence-electron chi connectivity index (χ4n) is 2.65. The number of hydrogen-bond donors (Lipinski definition) is 0. The van der Waals surface area contributed by atoms with Crippen molar-refractivity contribution in [2.45, 2.75) is 19.8 Å². The number of hydrazine groups is 1. The number of para-hydroxylation sites is 1. The van der Waals surface area contributed by atoms with Crippen molar-refractivity contribution < 1.29 is 9.59 Å². The Morgan fingerprint density at radius 3 is 2.15 bits per heavy atom. The topological polar surface area (TPSA) is 53.0 Å². The molecule has 134 valence electrons. The Morgan fingerprint density at radius 1 is 1.00 bits per heavy atom. The minimum atomic E-state index is -0.315. The first-order valence-electron chi connectivity index (χ1n) is 8.61. The predicted octanol–water partition coefficient (Wildman–Crippen LogP) is 4.35. The van der Waals surface area contributed by atoms with E-state index in [2.05, 4.69) is 11.9 Å². The molecule has 2 aromatic carbocycles. The van der Waals surface area contributed by atoms with Crippen molar-refractivity contribution >= 4 is 34.4 Å². The molecule has 3 rings (SSSR count). The van der Waals surface area contributed by atoms with Gasteiger partial charge in [-0.3, -0.25) is 14.6 Å². The molecule has 0 bridgehead atoms. The number of carbonyl (C=O) groups is 2. The zero-order valence-electron chi connectivity index (χ0n) is 14.9. The second kappa shape index (κ2) is 8.19. The number of rotatable bonds is 5. The van der Waals surface area contributed by atoms with Gasteiger partial charge in [0.2, 0.25) is 0 Å². The van der Waals surface area contributed by atoms with Crippen LogP contribution in [0.1, 0.15) is 40.5 Å². The summed E-state index contributed by atoms with van der Waals surface area (Å²) in [6.07, 6.45) is 2.11. The maximum atomic E-state index is 12.7. The minimum Gasteiger partial charge on any atom is -0.267 e. The highest BCUT2D eigenvalue weighted by molar-refractivity contribution is 8.13. The number of imide groups is 1. The first-order chi connectivity index (χ1) is 12.6. The number of hydrogen-bond acceptors (Lipinski definition) is 4. The van der Waals surface area contributed by atoms with Gasteiger partial charge in [-0.2, -0.15) is 5.01 Å². The van der Waals surface area contributed by atoms with Gasteiger partial charge in [0.1, 0.15) is 0 Å². The Hall–Kier alpha value is -2.60. The first kappa shape index (κ1) is 18.2. The van der Waals surface area contributed by atoms with Crippen molar-refractivity contribution in [3.8, 4) is 0 Å². The Bertz CT molecular complexity index is 801. The molecule has 26 heavy (non-hydrogen) atoms. The third kappa shape index (κ3) is 3.65. The molecule has 1 aliphatic heterocycles. The van der Waals surface area contributed by atoms with Crippen LogP contribution in [0.3, 0.4) is 0 Å². The monoisotopic (exact) mass is 367 g/mol. The van der Waals surface area contributed by atoms with Gasteiger partial charge in [0.25, 0.3) is 11.8 Å². The summed E-state index contributed by atoms with van der Waals surface area (Å²) in [5.74, 6) is 0.241. The minimum absolute atomic E-state index is 0.315. The van der Waals surface area contributed by atoms with E-state index in [-0.39, 0.29) is 11.8 Å². The van der Waals surface area contributed by atoms with Gasteiger partial charge in [-0.1, -0.05) is 55.4 Å². The van der Waals surface area contributed by atoms with Crippen LogP contribution in [0.15, 0.2) is 59.6 Å². The van der Waals surface area contributed by atoms with Crippen molar-refractivity contribution in [1.82, 2.24) is 10.0 Å². The van der Waals surface area contributed by atoms with E-state index in [0.29, 0.717) is 16.3 Å². The third-order valence-corrected chi connectivity index (χ3v) is 5.17. The fourth-order valence-corrected chi connectivity index (χ4v) is 3.71. The van der Waals surface area contributed by atoms with E-state index >= 15 is 0 Å². The maximum absolute atomic E-state index is 12.7. The molecule has 0 aromatic heterocycles.